The Kier molecular flexibility index (Phi) is 6.60. The van der Waals surface area contributed by atoms with E-state index in [4.69, 9.17) is 10.5 Å². The highest BCUT2D eigenvalue weighted by Crippen LogP contribution is 2.22. The van der Waals surface area contributed by atoms with E-state index < -0.39 is 10.0 Å². The van der Waals surface area contributed by atoms with Gasteiger partial charge in [0.2, 0.25) is 10.0 Å². The highest BCUT2D eigenvalue weighted by Gasteiger charge is 2.21. The Morgan fingerprint density at radius 2 is 2.05 bits per heavy atom. The van der Waals surface area contributed by atoms with Gasteiger partial charge in [0.15, 0.2) is 0 Å². The Morgan fingerprint density at radius 3 is 2.57 bits per heavy atom. The molecule has 7 heteroatoms. The molecule has 1 rings (SSSR count). The Hall–Kier alpha value is -1.15. The van der Waals surface area contributed by atoms with Gasteiger partial charge in [0.05, 0.1) is 12.0 Å². The van der Waals surface area contributed by atoms with Crippen molar-refractivity contribution >= 4 is 10.0 Å². The average Bonchev–Trinajstić information content (AvgIpc) is 2.36. The number of methoxy groups -OCH3 is 1. The minimum Gasteiger partial charge on any atom is -0.497 e. The van der Waals surface area contributed by atoms with Crippen LogP contribution < -0.4 is 15.2 Å². The fourth-order valence-corrected chi connectivity index (χ4v) is 3.69. The van der Waals surface area contributed by atoms with E-state index in [1.807, 2.05) is 25.9 Å². The van der Waals surface area contributed by atoms with Gasteiger partial charge in [0.25, 0.3) is 0 Å². The van der Waals surface area contributed by atoms with Crippen molar-refractivity contribution in [3.05, 3.63) is 23.8 Å². The molecule has 0 aliphatic carbocycles. The number of nitrogens with zero attached hydrogens (tertiary/aromatic N) is 1. The predicted molar refractivity (Wildman–Crippen MR) is 84.1 cm³/mol. The molecular formula is C14H25N3O3S. The van der Waals surface area contributed by atoms with E-state index in [0.29, 0.717) is 30.8 Å². The predicted octanol–water partition coefficient (Wildman–Crippen LogP) is 0.425. The number of nitrogens with one attached hydrogen (secondary N) is 1. The standard InChI is InChI=1S/C14H25N3O3S/c1-11(10-17(2)3)16-21(18,19)14-6-5-13(20-4)9-12(14)7-8-15/h5-6,9,11,16H,7-8,10,15H2,1-4H3. The molecule has 1 aromatic rings. The minimum absolute atomic E-state index is 0.183. The minimum atomic E-state index is -3.57. The lowest BCUT2D eigenvalue weighted by Gasteiger charge is -2.19. The van der Waals surface area contributed by atoms with Crippen LogP contribution in [-0.2, 0) is 16.4 Å². The van der Waals surface area contributed by atoms with Crippen molar-refractivity contribution < 1.29 is 13.2 Å². The number of rotatable bonds is 8. The van der Waals surface area contributed by atoms with Crippen molar-refractivity contribution in [1.29, 1.82) is 0 Å². The molecule has 0 amide bonds. The summed E-state index contributed by atoms with van der Waals surface area (Å²) in [7, 11) is 1.78. The van der Waals surface area contributed by atoms with E-state index >= 15 is 0 Å². The first-order valence-corrected chi connectivity index (χ1v) is 8.32. The molecule has 120 valence electrons. The zero-order chi connectivity index (χ0) is 16.0. The number of nitrogens with two attached hydrogens (primary N) is 1. The molecule has 0 saturated heterocycles. The van der Waals surface area contributed by atoms with Crippen LogP contribution in [0.5, 0.6) is 5.75 Å². The molecule has 0 aliphatic heterocycles. The van der Waals surface area contributed by atoms with E-state index in [0.717, 1.165) is 0 Å². The van der Waals surface area contributed by atoms with Gasteiger partial charge in [-0.25, -0.2) is 13.1 Å². The zero-order valence-corrected chi connectivity index (χ0v) is 13.9. The number of likely N-dealkylation sites (N-methyl/N-ethyl adjacent to an activating group) is 1. The van der Waals surface area contributed by atoms with Gasteiger partial charge in [-0.3, -0.25) is 0 Å². The smallest absolute Gasteiger partial charge is 0.241 e. The summed E-state index contributed by atoms with van der Waals surface area (Å²) >= 11 is 0. The Labute approximate surface area is 127 Å². The summed E-state index contributed by atoms with van der Waals surface area (Å²) in [6.45, 7) is 2.84. The van der Waals surface area contributed by atoms with Crippen LogP contribution in [0.1, 0.15) is 12.5 Å². The molecule has 1 unspecified atom stereocenters. The quantitative estimate of drug-likeness (QED) is 0.726. The zero-order valence-electron chi connectivity index (χ0n) is 13.1. The van der Waals surface area contributed by atoms with Crippen molar-refractivity contribution in [2.24, 2.45) is 5.73 Å². The number of ether oxygens (including phenoxy) is 1. The third kappa shape index (κ3) is 5.28. The van der Waals surface area contributed by atoms with Crippen molar-refractivity contribution in [2.45, 2.75) is 24.3 Å². The van der Waals surface area contributed by atoms with E-state index in [9.17, 15) is 8.42 Å². The average molecular weight is 315 g/mol. The second kappa shape index (κ2) is 7.74. The SMILES string of the molecule is COc1ccc(S(=O)(=O)NC(C)CN(C)C)c(CCN)c1. The molecule has 0 bridgehead atoms. The Bertz CT molecular complexity index is 559. The van der Waals surface area contributed by atoms with E-state index in [2.05, 4.69) is 4.72 Å². The number of sulfonamides is 1. The molecule has 0 aromatic heterocycles. The van der Waals surface area contributed by atoms with Crippen LogP contribution >= 0.6 is 0 Å². The molecule has 0 saturated carbocycles. The van der Waals surface area contributed by atoms with Crippen LogP contribution in [-0.4, -0.2) is 53.7 Å². The van der Waals surface area contributed by atoms with Crippen LogP contribution in [0.3, 0.4) is 0 Å². The monoisotopic (exact) mass is 315 g/mol. The molecule has 0 aliphatic rings. The van der Waals surface area contributed by atoms with Gasteiger partial charge in [0.1, 0.15) is 5.75 Å². The van der Waals surface area contributed by atoms with E-state index in [1.165, 1.54) is 0 Å². The number of hydrogen-bond donors (Lipinski definition) is 2. The molecule has 21 heavy (non-hydrogen) atoms. The number of hydrogen-bond acceptors (Lipinski definition) is 5. The van der Waals surface area contributed by atoms with Gasteiger partial charge in [0, 0.05) is 12.6 Å². The fourth-order valence-electron chi connectivity index (χ4n) is 2.21. The van der Waals surface area contributed by atoms with Crippen molar-refractivity contribution in [1.82, 2.24) is 9.62 Å². The highest BCUT2D eigenvalue weighted by molar-refractivity contribution is 7.89. The summed E-state index contributed by atoms with van der Waals surface area (Å²) in [4.78, 5) is 2.20. The fraction of sp³-hybridized carbons (Fsp3) is 0.571. The molecule has 0 fully saturated rings. The Balaban J connectivity index is 3.06. The number of benzene rings is 1. The first kappa shape index (κ1) is 17.9. The maximum Gasteiger partial charge on any atom is 0.241 e. The lowest BCUT2D eigenvalue weighted by molar-refractivity contribution is 0.370. The molecular weight excluding hydrogens is 290 g/mol. The third-order valence-corrected chi connectivity index (χ3v) is 4.66. The first-order valence-electron chi connectivity index (χ1n) is 6.84. The van der Waals surface area contributed by atoms with Crippen molar-refractivity contribution in [2.75, 3.05) is 34.3 Å². The van der Waals surface area contributed by atoms with Crippen LogP contribution in [0.4, 0.5) is 0 Å². The van der Waals surface area contributed by atoms with Crippen LogP contribution in [0, 0.1) is 0 Å². The molecule has 6 nitrogen and oxygen atoms in total. The van der Waals surface area contributed by atoms with Gasteiger partial charge < -0.3 is 15.4 Å². The van der Waals surface area contributed by atoms with Crippen LogP contribution in [0.2, 0.25) is 0 Å². The summed E-state index contributed by atoms with van der Waals surface area (Å²) in [6, 6.07) is 4.75. The van der Waals surface area contributed by atoms with Gasteiger partial charge in [-0.05, 0) is 57.7 Å². The van der Waals surface area contributed by atoms with E-state index in [-0.39, 0.29) is 10.9 Å². The molecule has 1 aromatic carbocycles. The van der Waals surface area contributed by atoms with Gasteiger partial charge >= 0.3 is 0 Å². The lowest BCUT2D eigenvalue weighted by Crippen LogP contribution is -2.39. The second-order valence-corrected chi connectivity index (χ2v) is 6.98. The maximum atomic E-state index is 12.5. The third-order valence-electron chi connectivity index (χ3n) is 2.97. The highest BCUT2D eigenvalue weighted by atomic mass is 32.2. The summed E-state index contributed by atoms with van der Waals surface area (Å²) in [5.41, 5.74) is 6.24. The second-order valence-electron chi connectivity index (χ2n) is 5.30. The lowest BCUT2D eigenvalue weighted by atomic mass is 10.1. The molecule has 3 N–H and O–H groups in total. The van der Waals surface area contributed by atoms with Crippen LogP contribution in [0.15, 0.2) is 23.1 Å². The molecule has 0 radical (unpaired) electrons. The molecule has 0 spiro atoms. The summed E-state index contributed by atoms with van der Waals surface area (Å²) in [5, 5.41) is 0. The first-order chi connectivity index (χ1) is 9.80. The summed E-state index contributed by atoms with van der Waals surface area (Å²) in [5.74, 6) is 0.624. The molecule has 1 atom stereocenters. The van der Waals surface area contributed by atoms with Crippen molar-refractivity contribution in [3.63, 3.8) is 0 Å². The Morgan fingerprint density at radius 1 is 1.38 bits per heavy atom. The molecule has 0 heterocycles. The largest absolute Gasteiger partial charge is 0.497 e. The summed E-state index contributed by atoms with van der Waals surface area (Å²) in [6.07, 6.45) is 0.482. The maximum absolute atomic E-state index is 12.5. The van der Waals surface area contributed by atoms with E-state index in [1.54, 1.807) is 25.3 Å². The van der Waals surface area contributed by atoms with Crippen LogP contribution in [0.25, 0.3) is 0 Å². The topological polar surface area (TPSA) is 84.7 Å². The summed E-state index contributed by atoms with van der Waals surface area (Å²) < 4.78 is 32.8. The normalized spacial score (nSPS) is 13.4. The van der Waals surface area contributed by atoms with Gasteiger partial charge in [-0.1, -0.05) is 0 Å². The van der Waals surface area contributed by atoms with Crippen molar-refractivity contribution in [3.8, 4) is 5.75 Å². The van der Waals surface area contributed by atoms with Gasteiger partial charge in [-0.2, -0.15) is 0 Å². The van der Waals surface area contributed by atoms with Gasteiger partial charge in [-0.15, -0.1) is 0 Å².